The van der Waals surface area contributed by atoms with E-state index >= 15 is 0 Å². The predicted octanol–water partition coefficient (Wildman–Crippen LogP) is 4.50. The van der Waals surface area contributed by atoms with Crippen molar-refractivity contribution in [3.8, 4) is 17.1 Å². The van der Waals surface area contributed by atoms with Crippen LogP contribution in [0.25, 0.3) is 11.4 Å². The summed E-state index contributed by atoms with van der Waals surface area (Å²) in [7, 11) is 0. The zero-order valence-electron chi connectivity index (χ0n) is 14.9. The molecule has 0 bridgehead atoms. The first-order valence-electron chi connectivity index (χ1n) is 8.38. The van der Waals surface area contributed by atoms with Gasteiger partial charge in [0.15, 0.2) is 6.61 Å². The fraction of sp³-hybridized carbons (Fsp3) is 0.211. The van der Waals surface area contributed by atoms with Crippen molar-refractivity contribution in [2.24, 2.45) is 0 Å². The maximum atomic E-state index is 11.8. The van der Waals surface area contributed by atoms with E-state index in [1.54, 1.807) is 42.5 Å². The molecule has 0 atom stereocenters. The van der Waals surface area contributed by atoms with Crippen molar-refractivity contribution in [1.82, 2.24) is 15.5 Å². The van der Waals surface area contributed by atoms with Crippen LogP contribution in [0.2, 0.25) is 5.02 Å². The molecule has 0 radical (unpaired) electrons. The molecule has 1 aromatic heterocycles. The van der Waals surface area contributed by atoms with E-state index in [0.29, 0.717) is 28.2 Å². The Kier molecular flexibility index (Phi) is 5.93. The predicted molar refractivity (Wildman–Crippen MR) is 103 cm³/mol. The van der Waals surface area contributed by atoms with Crippen molar-refractivity contribution in [1.29, 1.82) is 0 Å². The van der Waals surface area contributed by atoms with Gasteiger partial charge < -0.3 is 19.9 Å². The molecule has 0 aliphatic heterocycles. The summed E-state index contributed by atoms with van der Waals surface area (Å²) in [6.07, 6.45) is 0. The molecular formula is C19H19ClN4O3. The quantitative estimate of drug-likeness (QED) is 0.651. The van der Waals surface area contributed by atoms with Crippen LogP contribution in [0, 0.1) is 0 Å². The monoisotopic (exact) mass is 386 g/mol. The van der Waals surface area contributed by atoms with Crippen molar-refractivity contribution in [3.63, 3.8) is 0 Å². The average Bonchev–Trinajstić information content (AvgIpc) is 3.10. The second-order valence-corrected chi connectivity index (χ2v) is 6.52. The van der Waals surface area contributed by atoms with E-state index in [1.165, 1.54) is 0 Å². The highest BCUT2D eigenvalue weighted by atomic mass is 35.5. The number of benzene rings is 2. The molecule has 7 nitrogen and oxygen atoms in total. The summed E-state index contributed by atoms with van der Waals surface area (Å²) in [6, 6.07) is 14.0. The van der Waals surface area contributed by atoms with Gasteiger partial charge in [-0.15, -0.1) is 0 Å². The molecule has 0 aliphatic carbocycles. The Morgan fingerprint density at radius 2 is 2.00 bits per heavy atom. The van der Waals surface area contributed by atoms with E-state index in [9.17, 15) is 4.79 Å². The van der Waals surface area contributed by atoms with Crippen LogP contribution in [0.1, 0.15) is 19.7 Å². The Morgan fingerprint density at radius 1 is 1.22 bits per heavy atom. The molecule has 0 saturated carbocycles. The van der Waals surface area contributed by atoms with Gasteiger partial charge in [-0.1, -0.05) is 28.9 Å². The summed E-state index contributed by atoms with van der Waals surface area (Å²) in [5.41, 5.74) is 1.35. The van der Waals surface area contributed by atoms with Crippen LogP contribution in [0.3, 0.4) is 0 Å². The topological polar surface area (TPSA) is 89.3 Å². The maximum absolute atomic E-state index is 11.8. The Bertz CT molecular complexity index is 909. The molecule has 8 heteroatoms. The number of amides is 2. The summed E-state index contributed by atoms with van der Waals surface area (Å²) in [5.74, 6) is 1.41. The van der Waals surface area contributed by atoms with E-state index in [1.807, 2.05) is 19.9 Å². The second kappa shape index (κ2) is 8.55. The van der Waals surface area contributed by atoms with Gasteiger partial charge in [-0.2, -0.15) is 4.98 Å². The number of hydrogen-bond donors (Lipinski definition) is 2. The maximum Gasteiger partial charge on any atom is 0.319 e. The number of nitrogens with zero attached hydrogens (tertiary/aromatic N) is 2. The lowest BCUT2D eigenvalue weighted by Crippen LogP contribution is -2.34. The molecule has 0 aliphatic rings. The van der Waals surface area contributed by atoms with E-state index in [4.69, 9.17) is 20.9 Å². The highest BCUT2D eigenvalue weighted by Gasteiger charge is 2.11. The minimum Gasteiger partial charge on any atom is -0.484 e. The minimum atomic E-state index is -0.271. The van der Waals surface area contributed by atoms with Crippen molar-refractivity contribution in [3.05, 3.63) is 59.4 Å². The number of ether oxygens (including phenoxy) is 1. The average molecular weight is 387 g/mol. The molecular weight excluding hydrogens is 368 g/mol. The first-order chi connectivity index (χ1) is 13.0. The van der Waals surface area contributed by atoms with Gasteiger partial charge in [-0.05, 0) is 50.2 Å². The number of halogens is 1. The highest BCUT2D eigenvalue weighted by molar-refractivity contribution is 6.30. The largest absolute Gasteiger partial charge is 0.484 e. The Balaban J connectivity index is 1.64. The number of carbonyl (C=O) groups excluding carboxylic acids is 1. The fourth-order valence-corrected chi connectivity index (χ4v) is 2.40. The number of urea groups is 1. The number of hydrogen-bond acceptors (Lipinski definition) is 5. The van der Waals surface area contributed by atoms with Gasteiger partial charge >= 0.3 is 6.03 Å². The normalized spacial score (nSPS) is 10.7. The third-order valence-electron chi connectivity index (χ3n) is 3.44. The van der Waals surface area contributed by atoms with E-state index < -0.39 is 0 Å². The number of anilines is 1. The van der Waals surface area contributed by atoms with Gasteiger partial charge in [0.1, 0.15) is 5.75 Å². The van der Waals surface area contributed by atoms with E-state index in [-0.39, 0.29) is 18.7 Å². The van der Waals surface area contributed by atoms with Crippen molar-refractivity contribution in [2.75, 3.05) is 5.32 Å². The van der Waals surface area contributed by atoms with Gasteiger partial charge in [-0.25, -0.2) is 4.79 Å². The highest BCUT2D eigenvalue weighted by Crippen LogP contribution is 2.21. The van der Waals surface area contributed by atoms with Gasteiger partial charge in [0.25, 0.3) is 5.89 Å². The first kappa shape index (κ1) is 18.7. The summed E-state index contributed by atoms with van der Waals surface area (Å²) in [4.78, 5) is 16.1. The van der Waals surface area contributed by atoms with Gasteiger partial charge in [0.05, 0.1) is 0 Å². The van der Waals surface area contributed by atoms with Gasteiger partial charge in [-0.3, -0.25) is 0 Å². The Labute approximate surface area is 161 Å². The molecule has 27 heavy (non-hydrogen) atoms. The molecule has 2 N–H and O–H groups in total. The van der Waals surface area contributed by atoms with Crippen molar-refractivity contribution >= 4 is 23.3 Å². The van der Waals surface area contributed by atoms with Crippen LogP contribution < -0.4 is 15.4 Å². The summed E-state index contributed by atoms with van der Waals surface area (Å²) in [6.45, 7) is 3.93. The molecule has 0 saturated heterocycles. The summed E-state index contributed by atoms with van der Waals surface area (Å²) < 4.78 is 10.8. The third-order valence-corrected chi connectivity index (χ3v) is 3.69. The van der Waals surface area contributed by atoms with Crippen LogP contribution in [0.15, 0.2) is 53.1 Å². The number of aromatic nitrogens is 2. The van der Waals surface area contributed by atoms with Crippen LogP contribution in [-0.4, -0.2) is 22.2 Å². The van der Waals surface area contributed by atoms with Crippen LogP contribution in [0.5, 0.6) is 5.75 Å². The van der Waals surface area contributed by atoms with Crippen LogP contribution in [-0.2, 0) is 6.61 Å². The zero-order chi connectivity index (χ0) is 19.2. The lowest BCUT2D eigenvalue weighted by atomic mass is 10.2. The molecule has 3 rings (SSSR count). The first-order valence-corrected chi connectivity index (χ1v) is 8.76. The Hall–Kier alpha value is -3.06. The molecule has 1 heterocycles. The second-order valence-electron chi connectivity index (χ2n) is 6.09. The number of nitrogens with one attached hydrogen (secondary N) is 2. The fourth-order valence-electron chi connectivity index (χ4n) is 2.27. The van der Waals surface area contributed by atoms with Crippen molar-refractivity contribution in [2.45, 2.75) is 26.5 Å². The minimum absolute atomic E-state index is 0.0496. The molecule has 0 fully saturated rings. The number of carbonyl (C=O) groups is 1. The van der Waals surface area contributed by atoms with Crippen molar-refractivity contribution < 1.29 is 14.1 Å². The molecule has 0 unspecified atom stereocenters. The van der Waals surface area contributed by atoms with E-state index in [0.717, 1.165) is 5.56 Å². The van der Waals surface area contributed by atoms with Gasteiger partial charge in [0, 0.05) is 22.3 Å². The lowest BCUT2D eigenvalue weighted by Gasteiger charge is -2.10. The molecule has 0 spiro atoms. The third kappa shape index (κ3) is 5.46. The van der Waals surface area contributed by atoms with Crippen LogP contribution in [0.4, 0.5) is 10.5 Å². The number of rotatable bonds is 6. The standard InChI is InChI=1S/C19H19ClN4O3/c1-12(2)21-19(25)22-15-5-3-4-13(10-15)18-23-17(27-24-18)11-26-16-8-6-14(20)7-9-16/h3-10,12H,11H2,1-2H3,(H2,21,22,25). The lowest BCUT2D eigenvalue weighted by molar-refractivity contribution is 0.243. The molecule has 2 aromatic carbocycles. The summed E-state index contributed by atoms with van der Waals surface area (Å²) in [5, 5.41) is 10.1. The van der Waals surface area contributed by atoms with Crippen LogP contribution >= 0.6 is 11.6 Å². The Morgan fingerprint density at radius 3 is 2.74 bits per heavy atom. The molecule has 140 valence electrons. The van der Waals surface area contributed by atoms with E-state index in [2.05, 4.69) is 20.8 Å². The SMILES string of the molecule is CC(C)NC(=O)Nc1cccc(-c2noc(COc3ccc(Cl)cc3)n2)c1. The smallest absolute Gasteiger partial charge is 0.319 e. The zero-order valence-corrected chi connectivity index (χ0v) is 15.7. The molecule has 3 aromatic rings. The van der Waals surface area contributed by atoms with Gasteiger partial charge in [0.2, 0.25) is 5.82 Å². The summed E-state index contributed by atoms with van der Waals surface area (Å²) >= 11 is 5.84. The molecule has 2 amide bonds.